The molecule has 1 aliphatic carbocycles. The number of aromatic nitrogens is 1. The molecule has 10 aromatic carbocycles. The number of nitrogens with zero attached hydrogens (tertiary/aromatic N) is 2. The molecule has 0 bridgehead atoms. The molecule has 60 heavy (non-hydrogen) atoms. The lowest BCUT2D eigenvalue weighted by Gasteiger charge is -2.28. The van der Waals surface area contributed by atoms with Gasteiger partial charge in [-0.05, 0) is 115 Å². The van der Waals surface area contributed by atoms with Crippen LogP contribution in [0.3, 0.4) is 0 Å². The molecule has 0 radical (unpaired) electrons. The molecule has 1 aromatic heterocycles. The fourth-order valence-corrected chi connectivity index (χ4v) is 9.67. The molecule has 0 N–H and O–H groups in total. The van der Waals surface area contributed by atoms with Crippen LogP contribution in [0, 0.1) is 0 Å². The minimum atomic E-state index is 1.09. The first kappa shape index (κ1) is 34.1. The van der Waals surface area contributed by atoms with Gasteiger partial charge in [0.05, 0.1) is 16.7 Å². The summed E-state index contributed by atoms with van der Waals surface area (Å²) in [5, 5.41) is 5.06. The third-order valence-electron chi connectivity index (χ3n) is 12.3. The molecule has 0 saturated heterocycles. The van der Waals surface area contributed by atoms with Crippen LogP contribution in [-0.4, -0.2) is 4.57 Å². The molecule has 0 unspecified atom stereocenters. The predicted octanol–water partition coefficient (Wildman–Crippen LogP) is 16.1. The van der Waals surface area contributed by atoms with Crippen molar-refractivity contribution < 1.29 is 0 Å². The third-order valence-corrected chi connectivity index (χ3v) is 12.3. The van der Waals surface area contributed by atoms with Crippen LogP contribution >= 0.6 is 0 Å². The Morgan fingerprint density at radius 2 is 0.817 bits per heavy atom. The van der Waals surface area contributed by atoms with Crippen molar-refractivity contribution in [2.45, 2.75) is 0 Å². The van der Waals surface area contributed by atoms with Crippen LogP contribution in [0.25, 0.3) is 93.9 Å². The minimum Gasteiger partial charge on any atom is -0.310 e. The first-order chi connectivity index (χ1) is 29.8. The largest absolute Gasteiger partial charge is 0.310 e. The van der Waals surface area contributed by atoms with E-state index >= 15 is 0 Å². The fraction of sp³-hybridized carbons (Fsp3) is 0. The van der Waals surface area contributed by atoms with Gasteiger partial charge in [0.25, 0.3) is 0 Å². The highest BCUT2D eigenvalue weighted by atomic mass is 15.1. The summed E-state index contributed by atoms with van der Waals surface area (Å²) in [4.78, 5) is 2.45. The summed E-state index contributed by atoms with van der Waals surface area (Å²) in [6.07, 6.45) is 0. The molecule has 0 saturated carbocycles. The molecule has 1 aliphatic rings. The molecule has 0 amide bonds. The van der Waals surface area contributed by atoms with Crippen molar-refractivity contribution in [3.8, 4) is 61.3 Å². The molecule has 0 atom stereocenters. The van der Waals surface area contributed by atoms with E-state index in [0.717, 1.165) is 22.7 Å². The van der Waals surface area contributed by atoms with E-state index in [-0.39, 0.29) is 0 Å². The average molecular weight is 763 g/mol. The van der Waals surface area contributed by atoms with Crippen LogP contribution in [0.4, 0.5) is 17.1 Å². The first-order valence-corrected chi connectivity index (χ1v) is 20.7. The second kappa shape index (κ2) is 13.9. The maximum atomic E-state index is 2.45. The van der Waals surface area contributed by atoms with Crippen molar-refractivity contribution in [3.63, 3.8) is 0 Å². The number of para-hydroxylation sites is 3. The van der Waals surface area contributed by atoms with E-state index in [1.165, 1.54) is 88.2 Å². The smallest absolute Gasteiger partial charge is 0.0541 e. The van der Waals surface area contributed by atoms with Gasteiger partial charge in [0, 0.05) is 33.4 Å². The number of benzene rings is 10. The highest BCUT2D eigenvalue weighted by molar-refractivity contribution is 6.17. The molecule has 1 heterocycles. The van der Waals surface area contributed by atoms with Gasteiger partial charge in [0.15, 0.2) is 0 Å². The standard InChI is InChI=1S/C58H38N2/c1-3-17-39(18-4-1)41-21-15-23-43(35-41)59(45-36-42-22-16-29-52-46-24-7-8-25-47(46)54(38-45)58(42)52)44-33-34-48(53(37-44)40-19-5-2-6-20-40)49-26-9-12-30-55(49)60-56-31-13-10-27-50(56)51-28-11-14-32-57(51)60/h1-38H. The molecule has 0 fully saturated rings. The summed E-state index contributed by atoms with van der Waals surface area (Å²) in [6.45, 7) is 0. The Hall–Kier alpha value is -7.94. The molecule has 2 nitrogen and oxygen atoms in total. The minimum absolute atomic E-state index is 1.09. The van der Waals surface area contributed by atoms with Crippen molar-refractivity contribution in [1.29, 1.82) is 0 Å². The number of hydrogen-bond acceptors (Lipinski definition) is 1. The van der Waals surface area contributed by atoms with Crippen molar-refractivity contribution >= 4 is 49.6 Å². The lowest BCUT2D eigenvalue weighted by atomic mass is 9.92. The Bertz CT molecular complexity index is 3380. The van der Waals surface area contributed by atoms with Gasteiger partial charge in [-0.25, -0.2) is 0 Å². The average Bonchev–Trinajstić information content (AvgIpc) is 3.83. The predicted molar refractivity (Wildman–Crippen MR) is 254 cm³/mol. The van der Waals surface area contributed by atoms with Gasteiger partial charge in [-0.3, -0.25) is 0 Å². The maximum absolute atomic E-state index is 2.45. The van der Waals surface area contributed by atoms with E-state index in [9.17, 15) is 0 Å². The van der Waals surface area contributed by atoms with E-state index in [4.69, 9.17) is 0 Å². The summed E-state index contributed by atoms with van der Waals surface area (Å²) in [5.41, 5.74) is 19.1. The van der Waals surface area contributed by atoms with Crippen LogP contribution in [-0.2, 0) is 0 Å². The zero-order chi connectivity index (χ0) is 39.6. The normalized spacial score (nSPS) is 11.7. The SMILES string of the molecule is c1ccc(-c2cccc(N(c3ccc(-c4ccccc4-n4c5ccccc5c5ccccc54)c(-c4ccccc4)c3)c3cc4c5c(cccc5c3)-c3ccccc3-4)c2)cc1. The van der Waals surface area contributed by atoms with Crippen LogP contribution in [0.5, 0.6) is 0 Å². The van der Waals surface area contributed by atoms with Crippen LogP contribution < -0.4 is 4.90 Å². The molecule has 2 heteroatoms. The van der Waals surface area contributed by atoms with E-state index in [1.54, 1.807) is 0 Å². The molecule has 0 spiro atoms. The molecule has 11 aromatic rings. The Morgan fingerprint density at radius 1 is 0.283 bits per heavy atom. The lowest BCUT2D eigenvalue weighted by molar-refractivity contribution is 1.18. The Kier molecular flexibility index (Phi) is 7.89. The van der Waals surface area contributed by atoms with Gasteiger partial charge < -0.3 is 9.47 Å². The van der Waals surface area contributed by atoms with Gasteiger partial charge in [0.2, 0.25) is 0 Å². The van der Waals surface area contributed by atoms with Gasteiger partial charge in [0.1, 0.15) is 0 Å². The summed E-state index contributed by atoms with van der Waals surface area (Å²) in [5.74, 6) is 0. The highest BCUT2D eigenvalue weighted by Gasteiger charge is 2.25. The van der Waals surface area contributed by atoms with Crippen molar-refractivity contribution in [2.75, 3.05) is 4.90 Å². The quantitative estimate of drug-likeness (QED) is 0.157. The van der Waals surface area contributed by atoms with Gasteiger partial charge in [-0.15, -0.1) is 0 Å². The molecule has 0 aliphatic heterocycles. The van der Waals surface area contributed by atoms with E-state index in [0.29, 0.717) is 0 Å². The number of anilines is 3. The zero-order valence-corrected chi connectivity index (χ0v) is 32.8. The number of fused-ring (bicyclic) bond motifs is 6. The van der Waals surface area contributed by atoms with E-state index in [2.05, 4.69) is 240 Å². The number of hydrogen-bond donors (Lipinski definition) is 0. The zero-order valence-electron chi connectivity index (χ0n) is 32.8. The van der Waals surface area contributed by atoms with Crippen LogP contribution in [0.2, 0.25) is 0 Å². The van der Waals surface area contributed by atoms with Gasteiger partial charge in [-0.2, -0.15) is 0 Å². The lowest BCUT2D eigenvalue weighted by Crippen LogP contribution is -2.11. The Balaban J connectivity index is 1.11. The molecule has 280 valence electrons. The molecular weight excluding hydrogens is 725 g/mol. The van der Waals surface area contributed by atoms with E-state index < -0.39 is 0 Å². The highest BCUT2D eigenvalue weighted by Crippen LogP contribution is 2.51. The second-order valence-electron chi connectivity index (χ2n) is 15.7. The monoisotopic (exact) mass is 762 g/mol. The summed E-state index contributed by atoms with van der Waals surface area (Å²) in [6, 6.07) is 84.3. The van der Waals surface area contributed by atoms with E-state index in [1.807, 2.05) is 0 Å². The van der Waals surface area contributed by atoms with Crippen LogP contribution in [0.1, 0.15) is 0 Å². The van der Waals surface area contributed by atoms with Crippen LogP contribution in [0.15, 0.2) is 231 Å². The maximum Gasteiger partial charge on any atom is 0.0541 e. The number of rotatable bonds is 7. The summed E-state index contributed by atoms with van der Waals surface area (Å²) in [7, 11) is 0. The fourth-order valence-electron chi connectivity index (χ4n) is 9.67. The van der Waals surface area contributed by atoms with Crippen molar-refractivity contribution in [3.05, 3.63) is 231 Å². The van der Waals surface area contributed by atoms with Crippen molar-refractivity contribution in [1.82, 2.24) is 4.57 Å². The molecule has 12 rings (SSSR count). The first-order valence-electron chi connectivity index (χ1n) is 20.7. The Labute approximate surface area is 349 Å². The Morgan fingerprint density at radius 3 is 1.57 bits per heavy atom. The topological polar surface area (TPSA) is 8.17 Å². The van der Waals surface area contributed by atoms with Gasteiger partial charge in [-0.1, -0.05) is 176 Å². The second-order valence-corrected chi connectivity index (χ2v) is 15.7. The van der Waals surface area contributed by atoms with Crippen molar-refractivity contribution in [2.24, 2.45) is 0 Å². The summed E-state index contributed by atoms with van der Waals surface area (Å²) >= 11 is 0. The summed E-state index contributed by atoms with van der Waals surface area (Å²) < 4.78 is 2.44. The third kappa shape index (κ3) is 5.42. The molecular formula is C58H38N2. The van der Waals surface area contributed by atoms with Gasteiger partial charge >= 0.3 is 0 Å².